The van der Waals surface area contributed by atoms with Crippen molar-refractivity contribution in [3.05, 3.63) is 117 Å². The fraction of sp³-hybridized carbons (Fsp3) is 0.536. The van der Waals surface area contributed by atoms with E-state index in [1.54, 1.807) is 55.6 Å². The molecule has 1 aliphatic heterocycles. The Morgan fingerprint density at radius 3 is 1.95 bits per heavy atom. The Hall–Kier alpha value is -3.40. The van der Waals surface area contributed by atoms with E-state index in [-0.39, 0.29) is 27.3 Å². The molecule has 0 radical (unpaired) electrons. The van der Waals surface area contributed by atoms with E-state index < -0.39 is 8.07 Å². The molecule has 4 aliphatic carbocycles. The van der Waals surface area contributed by atoms with Crippen molar-refractivity contribution in [2.75, 3.05) is 6.61 Å². The minimum Gasteiger partial charge on any atom is -0.376 e. The van der Waals surface area contributed by atoms with Crippen LogP contribution in [0.5, 0.6) is 0 Å². The number of hydrogen-bond donors (Lipinski definition) is 0. The molecule has 2 bridgehead atoms. The smallest absolute Gasteiger partial charge is 0.0762 e. The highest BCUT2D eigenvalue weighted by Gasteiger charge is 2.57. The molecule has 5 atom stereocenters. The monoisotopic (exact) mass is 802 g/mol. The van der Waals surface area contributed by atoms with E-state index in [2.05, 4.69) is 161 Å². The summed E-state index contributed by atoms with van der Waals surface area (Å²) < 4.78 is 8.99. The molecule has 0 saturated carbocycles. The summed E-state index contributed by atoms with van der Waals surface area (Å²) in [6.07, 6.45) is 8.64. The van der Waals surface area contributed by atoms with Crippen LogP contribution in [0.3, 0.4) is 0 Å². The molecule has 3 heteroatoms. The first-order chi connectivity index (χ1) is 27.7. The van der Waals surface area contributed by atoms with Crippen LogP contribution < -0.4 is 0 Å². The molecule has 10 rings (SSSR count). The average Bonchev–Trinajstić information content (AvgIpc) is 3.79. The van der Waals surface area contributed by atoms with E-state index in [9.17, 15) is 0 Å². The van der Waals surface area contributed by atoms with E-state index in [0.717, 1.165) is 13.0 Å². The first-order valence-corrected chi connectivity index (χ1v) is 26.2. The minimum absolute atomic E-state index is 0.106. The Bertz CT molecular complexity index is 2560. The van der Waals surface area contributed by atoms with Crippen molar-refractivity contribution >= 4 is 19.0 Å². The minimum atomic E-state index is -2.40. The first-order valence-electron chi connectivity index (χ1n) is 23.4. The fourth-order valence-corrected chi connectivity index (χ4v) is 19.5. The lowest BCUT2D eigenvalue weighted by molar-refractivity contribution is -0.00738. The summed E-state index contributed by atoms with van der Waals surface area (Å²) >= 11 is 0. The van der Waals surface area contributed by atoms with Crippen LogP contribution in [0.4, 0.5) is 0 Å². The van der Waals surface area contributed by atoms with Gasteiger partial charge in [-0.05, 0) is 162 Å². The van der Waals surface area contributed by atoms with Gasteiger partial charge in [0.2, 0.25) is 0 Å². The number of aromatic nitrogens is 1. The van der Waals surface area contributed by atoms with Gasteiger partial charge in [-0.15, -0.1) is 0 Å². The maximum absolute atomic E-state index is 6.43. The van der Waals surface area contributed by atoms with Crippen molar-refractivity contribution in [1.29, 1.82) is 0 Å². The number of hydrogen-bond acceptors (Lipinski definition) is 1. The normalized spacial score (nSPS) is 28.0. The predicted molar refractivity (Wildman–Crippen MR) is 253 cm³/mol. The second-order valence-corrected chi connectivity index (χ2v) is 28.3. The Balaban J connectivity index is 1.27. The lowest BCUT2D eigenvalue weighted by atomic mass is 9.56. The molecule has 0 spiro atoms. The summed E-state index contributed by atoms with van der Waals surface area (Å²) in [4.78, 5) is 0. The third-order valence-electron chi connectivity index (χ3n) is 17.4. The molecule has 5 aliphatic rings. The maximum atomic E-state index is 6.43. The predicted octanol–water partition coefficient (Wildman–Crippen LogP) is 14.9. The molecule has 310 valence electrons. The zero-order valence-corrected chi connectivity index (χ0v) is 39.8. The topological polar surface area (TPSA) is 14.2 Å². The molecular formula is C56H71NOSi. The molecule has 2 heterocycles. The number of benzene rings is 4. The lowest BCUT2D eigenvalue weighted by Crippen LogP contribution is -2.46. The van der Waals surface area contributed by atoms with Gasteiger partial charge < -0.3 is 9.30 Å². The standard InChI is InChI=1S/C56H71NOSi/c1-34-20-21-47-42(29-34)48-49(57(47)12)36-18-14-15-19-37(36)51(48)59(13)28-22-35(17-16-27-58-52(2,3)4)56(11)26-25-55(9,10)45-31-39-38-30-43-44(54(7,8)24-23-53(43,5)6)32-40(38)50(59)41(39)33-46(45)56/h14-15,18-21,29-33,35,50-51H,16-17,22-28H2,1-13H3. The molecule has 0 saturated heterocycles. The van der Waals surface area contributed by atoms with Crippen LogP contribution in [0.25, 0.3) is 33.3 Å². The van der Waals surface area contributed by atoms with Gasteiger partial charge >= 0.3 is 0 Å². The summed E-state index contributed by atoms with van der Waals surface area (Å²) in [5.74, 6) is 0.609. The van der Waals surface area contributed by atoms with Gasteiger partial charge in [0.25, 0.3) is 0 Å². The van der Waals surface area contributed by atoms with Gasteiger partial charge in [0.1, 0.15) is 0 Å². The quantitative estimate of drug-likeness (QED) is 0.128. The van der Waals surface area contributed by atoms with Crippen LogP contribution in [0, 0.1) is 12.8 Å². The molecule has 4 aromatic carbocycles. The van der Waals surface area contributed by atoms with Crippen LogP contribution >= 0.6 is 0 Å². The van der Waals surface area contributed by atoms with E-state index in [4.69, 9.17) is 4.74 Å². The third-order valence-corrected chi connectivity index (χ3v) is 22.7. The number of rotatable bonds is 5. The highest BCUT2D eigenvalue weighted by atomic mass is 28.3. The number of aryl methyl sites for hydroxylation is 2. The molecule has 0 fully saturated rings. The van der Waals surface area contributed by atoms with Crippen molar-refractivity contribution in [1.82, 2.24) is 4.57 Å². The Morgan fingerprint density at radius 2 is 1.29 bits per heavy atom. The molecular weight excluding hydrogens is 731 g/mol. The van der Waals surface area contributed by atoms with Crippen molar-refractivity contribution in [2.45, 2.75) is 172 Å². The number of ether oxygens (including phenoxy) is 1. The second kappa shape index (κ2) is 12.8. The highest BCUT2D eigenvalue weighted by molar-refractivity contribution is 6.83. The largest absolute Gasteiger partial charge is 0.376 e. The number of nitrogens with zero attached hydrogens (tertiary/aromatic N) is 1. The van der Waals surface area contributed by atoms with Crippen molar-refractivity contribution in [3.8, 4) is 22.4 Å². The van der Waals surface area contributed by atoms with Crippen LogP contribution in [-0.2, 0) is 33.4 Å². The van der Waals surface area contributed by atoms with Gasteiger partial charge in [-0.2, -0.15) is 0 Å². The summed E-state index contributed by atoms with van der Waals surface area (Å²) in [6, 6.07) is 29.4. The Kier molecular flexibility index (Phi) is 8.63. The van der Waals surface area contributed by atoms with E-state index in [0.29, 0.717) is 17.0 Å². The SMILES string of the molecule is Cc1ccc2c(c1)c1c(n2C)-c2ccccc2C1[Si]1(C)CCC(CCCOC(C)(C)C)C2(C)CCC(C)(C)c3cc4c(cc32)C1c1cc2c(cc1-4)C(C)(C)CCC2(C)C. The van der Waals surface area contributed by atoms with E-state index in [1.807, 2.05) is 0 Å². The van der Waals surface area contributed by atoms with Crippen molar-refractivity contribution < 1.29 is 4.74 Å². The maximum Gasteiger partial charge on any atom is 0.0762 e. The van der Waals surface area contributed by atoms with Crippen LogP contribution in [0.1, 0.15) is 175 Å². The van der Waals surface area contributed by atoms with Crippen molar-refractivity contribution in [2.24, 2.45) is 13.0 Å². The zero-order chi connectivity index (χ0) is 41.8. The molecule has 1 aromatic heterocycles. The third kappa shape index (κ3) is 5.71. The van der Waals surface area contributed by atoms with E-state index >= 15 is 0 Å². The Morgan fingerprint density at radius 1 is 0.695 bits per heavy atom. The number of fused-ring (bicyclic) bond motifs is 9. The average molecular weight is 802 g/mol. The summed E-state index contributed by atoms with van der Waals surface area (Å²) in [7, 11) is -0.0578. The molecule has 2 nitrogen and oxygen atoms in total. The van der Waals surface area contributed by atoms with Gasteiger partial charge in [0.05, 0.1) is 19.4 Å². The lowest BCUT2D eigenvalue weighted by Gasteiger charge is -2.48. The van der Waals surface area contributed by atoms with Crippen LogP contribution in [-0.4, -0.2) is 24.8 Å². The van der Waals surface area contributed by atoms with E-state index in [1.165, 1.54) is 72.3 Å². The fourth-order valence-electron chi connectivity index (χ4n) is 13.8. The molecule has 5 aromatic rings. The summed E-state index contributed by atoms with van der Waals surface area (Å²) in [5.41, 5.74) is 23.3. The zero-order valence-electron chi connectivity index (χ0n) is 38.8. The van der Waals surface area contributed by atoms with Gasteiger partial charge in [-0.25, -0.2) is 0 Å². The first kappa shape index (κ1) is 39.7. The van der Waals surface area contributed by atoms with Crippen molar-refractivity contribution in [3.63, 3.8) is 0 Å². The second-order valence-electron chi connectivity index (χ2n) is 23.7. The van der Waals surface area contributed by atoms with Gasteiger partial charge in [0.15, 0.2) is 0 Å². The van der Waals surface area contributed by atoms with Crippen LogP contribution in [0.15, 0.2) is 66.7 Å². The highest BCUT2D eigenvalue weighted by Crippen LogP contribution is 2.65. The van der Waals surface area contributed by atoms with Gasteiger partial charge in [-0.1, -0.05) is 128 Å². The summed E-state index contributed by atoms with van der Waals surface area (Å²) in [6.45, 7) is 30.6. The molecule has 59 heavy (non-hydrogen) atoms. The molecule has 0 N–H and O–H groups in total. The van der Waals surface area contributed by atoms with Gasteiger partial charge in [0, 0.05) is 41.2 Å². The van der Waals surface area contributed by atoms with Gasteiger partial charge in [-0.3, -0.25) is 0 Å². The molecule has 5 unspecified atom stereocenters. The van der Waals surface area contributed by atoms with Crippen LogP contribution in [0.2, 0.25) is 12.6 Å². The Labute approximate surface area is 357 Å². The summed E-state index contributed by atoms with van der Waals surface area (Å²) in [5, 5.41) is 1.49. The molecule has 0 amide bonds.